The zero-order valence-electron chi connectivity index (χ0n) is 13.0. The van der Waals surface area contributed by atoms with Crippen molar-refractivity contribution in [2.24, 2.45) is 5.14 Å². The number of methoxy groups -OCH3 is 1. The van der Waals surface area contributed by atoms with Crippen molar-refractivity contribution in [3.05, 3.63) is 60.0 Å². The molecule has 1 unspecified atom stereocenters. The molecule has 1 atom stereocenters. The fourth-order valence-electron chi connectivity index (χ4n) is 2.40. The number of fused-ring (bicyclic) bond motifs is 1. The molecule has 7 heteroatoms. The lowest BCUT2D eigenvalue weighted by Crippen LogP contribution is -2.04. The lowest BCUT2D eigenvalue weighted by atomic mass is 10.1. The summed E-state index contributed by atoms with van der Waals surface area (Å²) in [7, 11) is -0.0628. The molecule has 1 aromatic heterocycles. The molecule has 0 aliphatic heterocycles. The number of hydrogen-bond acceptors (Lipinski definition) is 4. The minimum atomic E-state index is -1.48. The summed E-state index contributed by atoms with van der Waals surface area (Å²) in [5.41, 5.74) is 2.41. The Labute approximate surface area is 141 Å². The van der Waals surface area contributed by atoms with Crippen LogP contribution in [0.25, 0.3) is 10.9 Å². The number of hydrogen-bond donors (Lipinski definition) is 2. The van der Waals surface area contributed by atoms with Crippen LogP contribution in [-0.4, -0.2) is 16.3 Å². The molecule has 0 amide bonds. The van der Waals surface area contributed by atoms with E-state index in [0.717, 1.165) is 11.3 Å². The van der Waals surface area contributed by atoms with Crippen molar-refractivity contribution < 1.29 is 13.3 Å². The van der Waals surface area contributed by atoms with Crippen LogP contribution in [-0.2, 0) is 17.5 Å². The van der Waals surface area contributed by atoms with Crippen molar-refractivity contribution in [1.29, 1.82) is 0 Å². The highest BCUT2D eigenvalue weighted by molar-refractivity contribution is 7.82. The number of ether oxygens (including phenoxy) is 1. The lowest BCUT2D eigenvalue weighted by molar-refractivity contribution is 0.387. The average Bonchev–Trinajstić information content (AvgIpc) is 2.59. The van der Waals surface area contributed by atoms with E-state index in [1.807, 2.05) is 12.1 Å². The summed E-state index contributed by atoms with van der Waals surface area (Å²) in [6.45, 7) is 0.532. The van der Waals surface area contributed by atoms with Crippen molar-refractivity contribution in [3.8, 4) is 5.75 Å². The van der Waals surface area contributed by atoms with Crippen molar-refractivity contribution in [2.75, 3.05) is 12.4 Å². The molecule has 24 heavy (non-hydrogen) atoms. The average molecular weight is 345 g/mol. The van der Waals surface area contributed by atoms with Gasteiger partial charge in [-0.05, 0) is 29.8 Å². The van der Waals surface area contributed by atoms with E-state index in [9.17, 15) is 8.60 Å². The SMILES string of the molecule is COc1cc2nccc(NCc3ccc(S(N)=O)cc3)c2cc1F. The van der Waals surface area contributed by atoms with E-state index in [-0.39, 0.29) is 5.75 Å². The van der Waals surface area contributed by atoms with Crippen molar-refractivity contribution in [1.82, 2.24) is 4.98 Å². The Morgan fingerprint density at radius 1 is 1.25 bits per heavy atom. The van der Waals surface area contributed by atoms with Crippen molar-refractivity contribution in [2.45, 2.75) is 11.4 Å². The second-order valence-corrected chi connectivity index (χ2v) is 6.22. The number of anilines is 1. The number of nitrogens with two attached hydrogens (primary N) is 1. The summed E-state index contributed by atoms with van der Waals surface area (Å²) >= 11 is 0. The summed E-state index contributed by atoms with van der Waals surface area (Å²) in [5.74, 6) is -0.270. The molecule has 3 rings (SSSR count). The van der Waals surface area contributed by atoms with Gasteiger partial charge in [-0.25, -0.2) is 13.7 Å². The van der Waals surface area contributed by atoms with Gasteiger partial charge in [0, 0.05) is 29.9 Å². The molecule has 3 N–H and O–H groups in total. The predicted octanol–water partition coefficient (Wildman–Crippen LogP) is 2.98. The minimum Gasteiger partial charge on any atom is -0.494 e. The largest absolute Gasteiger partial charge is 0.494 e. The molecule has 0 radical (unpaired) electrons. The first kappa shape index (κ1) is 16.4. The second-order valence-electron chi connectivity index (χ2n) is 5.16. The number of halogens is 1. The Bertz CT molecular complexity index is 900. The van der Waals surface area contributed by atoms with Gasteiger partial charge in [0.05, 0.1) is 17.5 Å². The summed E-state index contributed by atoms with van der Waals surface area (Å²) in [6, 6.07) is 11.9. The third-order valence-electron chi connectivity index (χ3n) is 3.65. The third kappa shape index (κ3) is 3.37. The fraction of sp³-hybridized carbons (Fsp3) is 0.118. The first-order chi connectivity index (χ1) is 11.6. The summed E-state index contributed by atoms with van der Waals surface area (Å²) < 4.78 is 30.1. The first-order valence-electron chi connectivity index (χ1n) is 7.19. The minimum absolute atomic E-state index is 0.164. The Kier molecular flexibility index (Phi) is 4.73. The van der Waals surface area contributed by atoms with E-state index in [1.54, 1.807) is 30.5 Å². The van der Waals surface area contributed by atoms with E-state index in [4.69, 9.17) is 9.88 Å². The van der Waals surface area contributed by atoms with Crippen molar-refractivity contribution in [3.63, 3.8) is 0 Å². The maximum atomic E-state index is 14.0. The maximum absolute atomic E-state index is 14.0. The van der Waals surface area contributed by atoms with Gasteiger partial charge in [-0.2, -0.15) is 0 Å². The van der Waals surface area contributed by atoms with Gasteiger partial charge in [-0.15, -0.1) is 0 Å². The molecule has 0 spiro atoms. The molecule has 5 nitrogen and oxygen atoms in total. The summed E-state index contributed by atoms with van der Waals surface area (Å²) in [6.07, 6.45) is 1.66. The molecular weight excluding hydrogens is 329 g/mol. The summed E-state index contributed by atoms with van der Waals surface area (Å²) in [4.78, 5) is 4.81. The lowest BCUT2D eigenvalue weighted by Gasteiger charge is -2.11. The standard InChI is InChI=1S/C17H16FN3O2S/c1-23-17-9-16-13(8-14(17)18)15(6-7-20-16)21-10-11-2-4-12(5-3-11)24(19)22/h2-9H,10,19H2,1H3,(H,20,21). The highest BCUT2D eigenvalue weighted by atomic mass is 32.2. The number of pyridine rings is 1. The van der Waals surface area contributed by atoms with Crippen LogP contribution in [0.4, 0.5) is 10.1 Å². The number of rotatable bonds is 5. The van der Waals surface area contributed by atoms with Gasteiger partial charge in [0.25, 0.3) is 0 Å². The number of nitrogens with one attached hydrogen (secondary N) is 1. The molecule has 0 fully saturated rings. The highest BCUT2D eigenvalue weighted by Gasteiger charge is 2.09. The highest BCUT2D eigenvalue weighted by Crippen LogP contribution is 2.28. The second kappa shape index (κ2) is 6.94. The number of aromatic nitrogens is 1. The van der Waals surface area contributed by atoms with Crippen LogP contribution in [0.1, 0.15) is 5.56 Å². The fourth-order valence-corrected chi connectivity index (χ4v) is 2.80. The van der Waals surface area contributed by atoms with Crippen molar-refractivity contribution >= 4 is 27.6 Å². The van der Waals surface area contributed by atoms with Crippen LogP contribution in [0.5, 0.6) is 5.75 Å². The number of benzene rings is 2. The summed E-state index contributed by atoms with van der Waals surface area (Å²) in [5, 5.41) is 9.27. The molecule has 0 saturated heterocycles. The van der Waals surface area contributed by atoms with Crippen LogP contribution >= 0.6 is 0 Å². The molecule has 1 heterocycles. The molecule has 3 aromatic rings. The predicted molar refractivity (Wildman–Crippen MR) is 92.6 cm³/mol. The third-order valence-corrected chi connectivity index (χ3v) is 4.39. The van der Waals surface area contributed by atoms with E-state index in [0.29, 0.717) is 22.3 Å². The van der Waals surface area contributed by atoms with Gasteiger partial charge in [0.2, 0.25) is 0 Å². The van der Waals surface area contributed by atoms with Gasteiger partial charge in [-0.1, -0.05) is 12.1 Å². The Hall–Kier alpha value is -2.51. The van der Waals surface area contributed by atoms with Gasteiger partial charge in [0.1, 0.15) is 11.0 Å². The Balaban J connectivity index is 1.84. The van der Waals surface area contributed by atoms with Gasteiger partial charge in [-0.3, -0.25) is 4.98 Å². The molecule has 124 valence electrons. The smallest absolute Gasteiger partial charge is 0.165 e. The maximum Gasteiger partial charge on any atom is 0.165 e. The van der Waals surface area contributed by atoms with Gasteiger partial charge >= 0.3 is 0 Å². The molecule has 0 bridgehead atoms. The van der Waals surface area contributed by atoms with Gasteiger partial charge < -0.3 is 10.1 Å². The zero-order chi connectivity index (χ0) is 17.1. The molecular formula is C17H16FN3O2S. The topological polar surface area (TPSA) is 77.2 Å². The molecule has 2 aromatic carbocycles. The Morgan fingerprint density at radius 3 is 2.67 bits per heavy atom. The van der Waals surface area contributed by atoms with E-state index in [1.165, 1.54) is 13.2 Å². The van der Waals surface area contributed by atoms with E-state index >= 15 is 0 Å². The Morgan fingerprint density at radius 2 is 2.00 bits per heavy atom. The molecule has 0 saturated carbocycles. The van der Waals surface area contributed by atoms with Crippen LogP contribution in [0.15, 0.2) is 53.6 Å². The van der Waals surface area contributed by atoms with E-state index in [2.05, 4.69) is 10.3 Å². The normalized spacial score (nSPS) is 12.1. The monoisotopic (exact) mass is 345 g/mol. The van der Waals surface area contributed by atoms with Crippen LogP contribution in [0.3, 0.4) is 0 Å². The molecule has 0 aliphatic carbocycles. The zero-order valence-corrected chi connectivity index (χ0v) is 13.8. The van der Waals surface area contributed by atoms with Crippen LogP contribution in [0.2, 0.25) is 0 Å². The van der Waals surface area contributed by atoms with E-state index < -0.39 is 16.8 Å². The molecule has 0 aliphatic rings. The van der Waals surface area contributed by atoms with Crippen LogP contribution in [0, 0.1) is 5.82 Å². The first-order valence-corrected chi connectivity index (χ1v) is 8.41. The van der Waals surface area contributed by atoms with Gasteiger partial charge in [0.15, 0.2) is 11.6 Å². The van der Waals surface area contributed by atoms with Crippen LogP contribution < -0.4 is 15.2 Å². The quantitative estimate of drug-likeness (QED) is 0.745. The number of nitrogens with zero attached hydrogens (tertiary/aromatic N) is 1.